The molecule has 29 heavy (non-hydrogen) atoms. The summed E-state index contributed by atoms with van der Waals surface area (Å²) in [5.41, 5.74) is 4.76. The Morgan fingerprint density at radius 1 is 1.14 bits per heavy atom. The molecule has 0 aliphatic carbocycles. The van der Waals surface area contributed by atoms with Gasteiger partial charge in [0.2, 0.25) is 5.88 Å². The molecule has 5 rings (SSSR count). The Morgan fingerprint density at radius 3 is 2.86 bits per heavy atom. The maximum Gasteiger partial charge on any atom is 0.241 e. The second-order valence-electron chi connectivity index (χ2n) is 6.62. The molecular weight excluding hydrogens is 373 g/mol. The van der Waals surface area contributed by atoms with Crippen LogP contribution in [0.15, 0.2) is 49.3 Å². The van der Waals surface area contributed by atoms with E-state index in [0.717, 1.165) is 33.5 Å². The molecular formula is C20H16FN7O. The van der Waals surface area contributed by atoms with Crippen molar-refractivity contribution < 1.29 is 9.13 Å². The summed E-state index contributed by atoms with van der Waals surface area (Å²) in [4.78, 5) is 17.2. The van der Waals surface area contributed by atoms with Gasteiger partial charge in [0.05, 0.1) is 25.4 Å². The summed E-state index contributed by atoms with van der Waals surface area (Å²) in [6, 6.07) is 5.43. The number of methoxy groups -OCH3 is 1. The van der Waals surface area contributed by atoms with E-state index in [2.05, 4.69) is 25.0 Å². The molecule has 9 heteroatoms. The minimum atomic E-state index is -0.365. The summed E-state index contributed by atoms with van der Waals surface area (Å²) in [5, 5.41) is 4.23. The van der Waals surface area contributed by atoms with Crippen molar-refractivity contribution in [1.82, 2.24) is 34.1 Å². The molecule has 0 aromatic carbocycles. The third-order valence-corrected chi connectivity index (χ3v) is 4.82. The Hall–Kier alpha value is -3.88. The van der Waals surface area contributed by atoms with E-state index in [-0.39, 0.29) is 5.82 Å². The number of hydrogen-bond acceptors (Lipinski definition) is 6. The number of ether oxygens (including phenoxy) is 1. The van der Waals surface area contributed by atoms with E-state index in [1.807, 2.05) is 29.8 Å². The molecule has 0 aliphatic rings. The second-order valence-corrected chi connectivity index (χ2v) is 6.62. The van der Waals surface area contributed by atoms with Crippen LogP contribution in [0.1, 0.15) is 11.4 Å². The zero-order valence-electron chi connectivity index (χ0n) is 15.7. The number of nitrogens with zero attached hydrogens (tertiary/aromatic N) is 7. The summed E-state index contributed by atoms with van der Waals surface area (Å²) < 4.78 is 22.7. The SMILES string of the molecule is COc1ncnn2ccc(-c3cnc4nc(C)n(Cc5cncc(F)c5)c4c3)c12. The minimum Gasteiger partial charge on any atom is -0.479 e. The molecule has 0 aliphatic heterocycles. The van der Waals surface area contributed by atoms with Crippen molar-refractivity contribution in [2.75, 3.05) is 7.11 Å². The van der Waals surface area contributed by atoms with Gasteiger partial charge in [-0.05, 0) is 30.7 Å². The molecule has 144 valence electrons. The van der Waals surface area contributed by atoms with Gasteiger partial charge in [-0.15, -0.1) is 0 Å². The van der Waals surface area contributed by atoms with Crippen molar-refractivity contribution in [2.24, 2.45) is 0 Å². The van der Waals surface area contributed by atoms with E-state index in [1.54, 1.807) is 24.0 Å². The van der Waals surface area contributed by atoms with E-state index >= 15 is 0 Å². The number of pyridine rings is 2. The van der Waals surface area contributed by atoms with Crippen LogP contribution in [-0.4, -0.2) is 41.2 Å². The first-order valence-corrected chi connectivity index (χ1v) is 8.93. The zero-order chi connectivity index (χ0) is 20.0. The van der Waals surface area contributed by atoms with Crippen molar-refractivity contribution in [1.29, 1.82) is 0 Å². The Balaban J connectivity index is 1.66. The van der Waals surface area contributed by atoms with Gasteiger partial charge in [-0.25, -0.2) is 18.9 Å². The Labute approximate surface area is 164 Å². The monoisotopic (exact) mass is 389 g/mol. The molecule has 0 saturated heterocycles. The van der Waals surface area contributed by atoms with Crippen LogP contribution in [0.5, 0.6) is 5.88 Å². The first kappa shape index (κ1) is 17.2. The van der Waals surface area contributed by atoms with Crippen LogP contribution < -0.4 is 4.74 Å². The molecule has 0 bridgehead atoms. The molecule has 0 amide bonds. The van der Waals surface area contributed by atoms with Gasteiger partial charge < -0.3 is 9.30 Å². The molecule has 5 aromatic heterocycles. The topological polar surface area (TPSA) is 83.0 Å². The highest BCUT2D eigenvalue weighted by molar-refractivity contribution is 5.87. The summed E-state index contributed by atoms with van der Waals surface area (Å²) >= 11 is 0. The molecule has 0 spiro atoms. The van der Waals surface area contributed by atoms with E-state index < -0.39 is 0 Å². The number of rotatable bonds is 4. The highest BCUT2D eigenvalue weighted by Crippen LogP contribution is 2.31. The standard InChI is InChI=1S/C20H16FN7O/c1-12-26-19-17(27(12)10-13-5-15(21)9-22-7-13)6-14(8-23-19)16-3-4-28-18(16)20(29-2)24-11-25-28/h3-9,11H,10H2,1-2H3. The van der Waals surface area contributed by atoms with E-state index in [4.69, 9.17) is 4.74 Å². The molecule has 0 N–H and O–H groups in total. The van der Waals surface area contributed by atoms with E-state index in [0.29, 0.717) is 18.1 Å². The molecule has 0 atom stereocenters. The lowest BCUT2D eigenvalue weighted by atomic mass is 10.1. The zero-order valence-corrected chi connectivity index (χ0v) is 15.7. The fourth-order valence-corrected chi connectivity index (χ4v) is 3.50. The van der Waals surface area contributed by atoms with Crippen molar-refractivity contribution in [3.8, 4) is 17.0 Å². The lowest BCUT2D eigenvalue weighted by Crippen LogP contribution is -2.03. The molecule has 0 fully saturated rings. The number of imidazole rings is 1. The van der Waals surface area contributed by atoms with Crippen molar-refractivity contribution >= 4 is 16.7 Å². The van der Waals surface area contributed by atoms with E-state index in [1.165, 1.54) is 18.6 Å². The Morgan fingerprint density at radius 2 is 2.03 bits per heavy atom. The number of aromatic nitrogens is 7. The van der Waals surface area contributed by atoms with Crippen LogP contribution in [0, 0.1) is 12.7 Å². The van der Waals surface area contributed by atoms with Crippen LogP contribution in [-0.2, 0) is 6.54 Å². The van der Waals surface area contributed by atoms with Crippen LogP contribution >= 0.6 is 0 Å². The maximum atomic E-state index is 13.6. The van der Waals surface area contributed by atoms with Crippen LogP contribution in [0.4, 0.5) is 4.39 Å². The molecule has 0 radical (unpaired) electrons. The fraction of sp³-hybridized carbons (Fsp3) is 0.150. The fourth-order valence-electron chi connectivity index (χ4n) is 3.50. The smallest absolute Gasteiger partial charge is 0.241 e. The van der Waals surface area contributed by atoms with Crippen LogP contribution in [0.3, 0.4) is 0 Å². The lowest BCUT2D eigenvalue weighted by molar-refractivity contribution is 0.399. The van der Waals surface area contributed by atoms with Gasteiger partial charge in [0.25, 0.3) is 0 Å². The maximum absolute atomic E-state index is 13.6. The highest BCUT2D eigenvalue weighted by atomic mass is 19.1. The average Bonchev–Trinajstić information content (AvgIpc) is 3.29. The molecule has 0 unspecified atom stereocenters. The third kappa shape index (κ3) is 2.87. The normalized spacial score (nSPS) is 11.4. The quantitative estimate of drug-likeness (QED) is 0.470. The summed E-state index contributed by atoms with van der Waals surface area (Å²) in [6.45, 7) is 2.35. The lowest BCUT2D eigenvalue weighted by Gasteiger charge is -2.08. The number of aryl methyl sites for hydroxylation is 1. The van der Waals surface area contributed by atoms with Gasteiger partial charge in [0.15, 0.2) is 5.65 Å². The number of halogens is 1. The first-order valence-electron chi connectivity index (χ1n) is 8.93. The molecule has 5 heterocycles. The van der Waals surface area contributed by atoms with Crippen LogP contribution in [0.25, 0.3) is 27.8 Å². The van der Waals surface area contributed by atoms with Gasteiger partial charge in [-0.1, -0.05) is 0 Å². The second kappa shape index (κ2) is 6.62. The predicted molar refractivity (Wildman–Crippen MR) is 104 cm³/mol. The summed E-state index contributed by atoms with van der Waals surface area (Å²) in [5.74, 6) is 0.906. The van der Waals surface area contributed by atoms with Gasteiger partial charge >= 0.3 is 0 Å². The van der Waals surface area contributed by atoms with Crippen molar-refractivity contribution in [3.63, 3.8) is 0 Å². The van der Waals surface area contributed by atoms with E-state index in [9.17, 15) is 4.39 Å². The molecule has 8 nitrogen and oxygen atoms in total. The van der Waals surface area contributed by atoms with Gasteiger partial charge in [-0.3, -0.25) is 4.98 Å². The van der Waals surface area contributed by atoms with Crippen LogP contribution in [0.2, 0.25) is 0 Å². The van der Waals surface area contributed by atoms with Crippen molar-refractivity contribution in [3.05, 3.63) is 66.5 Å². The summed E-state index contributed by atoms with van der Waals surface area (Å²) in [7, 11) is 1.58. The highest BCUT2D eigenvalue weighted by Gasteiger charge is 2.16. The number of hydrogen-bond donors (Lipinski definition) is 0. The minimum absolute atomic E-state index is 0.365. The third-order valence-electron chi connectivity index (χ3n) is 4.82. The average molecular weight is 389 g/mol. The van der Waals surface area contributed by atoms with Gasteiger partial charge in [0, 0.05) is 29.7 Å². The largest absolute Gasteiger partial charge is 0.479 e. The van der Waals surface area contributed by atoms with Gasteiger partial charge in [-0.2, -0.15) is 10.1 Å². The Bertz CT molecular complexity index is 1360. The van der Waals surface area contributed by atoms with Gasteiger partial charge in [0.1, 0.15) is 23.5 Å². The predicted octanol–water partition coefficient (Wildman–Crippen LogP) is 3.04. The molecule has 0 saturated carbocycles. The van der Waals surface area contributed by atoms with Crippen molar-refractivity contribution in [2.45, 2.75) is 13.5 Å². The molecule has 5 aromatic rings. The number of fused-ring (bicyclic) bond motifs is 2. The first-order chi connectivity index (χ1) is 14.1. The summed E-state index contributed by atoms with van der Waals surface area (Å²) in [6.07, 6.45) is 7.90. The Kier molecular flexibility index (Phi) is 3.94.